The van der Waals surface area contributed by atoms with E-state index in [-0.39, 0.29) is 0 Å². The van der Waals surface area contributed by atoms with E-state index in [2.05, 4.69) is 36.1 Å². The minimum atomic E-state index is 0.361. The van der Waals surface area contributed by atoms with E-state index in [0.29, 0.717) is 12.6 Å². The lowest BCUT2D eigenvalue weighted by Crippen LogP contribution is -2.37. The van der Waals surface area contributed by atoms with Gasteiger partial charge >= 0.3 is 0 Å². The summed E-state index contributed by atoms with van der Waals surface area (Å²) >= 11 is 0. The summed E-state index contributed by atoms with van der Waals surface area (Å²) in [6.45, 7) is 6.08. The van der Waals surface area contributed by atoms with Gasteiger partial charge in [-0.2, -0.15) is 0 Å². The molecule has 1 saturated heterocycles. The first-order chi connectivity index (χ1) is 10.3. The van der Waals surface area contributed by atoms with Crippen LogP contribution in [0, 0.1) is 0 Å². The Bertz CT molecular complexity index is 385. The standard InChI is InChI=1S/C18H30N2O/c1-2-3-7-14-21-17-10-8-16(9-11-17)18(15-19)20-12-5-4-6-13-20/h8-11,18H,2-7,12-15,19H2,1H3. The van der Waals surface area contributed by atoms with E-state index in [1.54, 1.807) is 0 Å². The molecule has 0 aliphatic carbocycles. The number of benzene rings is 1. The van der Waals surface area contributed by atoms with Crippen molar-refractivity contribution < 1.29 is 4.74 Å². The topological polar surface area (TPSA) is 38.5 Å². The number of piperidine rings is 1. The first-order valence-electron chi connectivity index (χ1n) is 8.52. The van der Waals surface area contributed by atoms with E-state index in [1.165, 1.54) is 50.8 Å². The largest absolute Gasteiger partial charge is 0.494 e. The summed E-state index contributed by atoms with van der Waals surface area (Å²) in [4.78, 5) is 2.53. The van der Waals surface area contributed by atoms with E-state index >= 15 is 0 Å². The summed E-state index contributed by atoms with van der Waals surface area (Å²) in [6, 6.07) is 8.91. The van der Waals surface area contributed by atoms with Gasteiger partial charge in [-0.15, -0.1) is 0 Å². The van der Waals surface area contributed by atoms with Gasteiger partial charge in [0, 0.05) is 12.6 Å². The van der Waals surface area contributed by atoms with Gasteiger partial charge in [0.25, 0.3) is 0 Å². The Morgan fingerprint density at radius 3 is 2.43 bits per heavy atom. The lowest BCUT2D eigenvalue weighted by Gasteiger charge is -2.34. The van der Waals surface area contributed by atoms with Crippen molar-refractivity contribution in [1.82, 2.24) is 4.90 Å². The van der Waals surface area contributed by atoms with E-state index in [0.717, 1.165) is 18.8 Å². The molecular weight excluding hydrogens is 260 g/mol. The predicted octanol–water partition coefficient (Wildman–Crippen LogP) is 3.74. The molecule has 3 nitrogen and oxygen atoms in total. The minimum Gasteiger partial charge on any atom is -0.494 e. The van der Waals surface area contributed by atoms with Crippen LogP contribution in [0.1, 0.15) is 57.1 Å². The molecule has 1 aromatic carbocycles. The number of likely N-dealkylation sites (tertiary alicyclic amines) is 1. The smallest absolute Gasteiger partial charge is 0.119 e. The van der Waals surface area contributed by atoms with Crippen molar-refractivity contribution in [2.75, 3.05) is 26.2 Å². The Morgan fingerprint density at radius 1 is 1.10 bits per heavy atom. The Kier molecular flexibility index (Phi) is 7.04. The van der Waals surface area contributed by atoms with Gasteiger partial charge in [0.05, 0.1) is 6.61 Å². The van der Waals surface area contributed by atoms with Crippen LogP contribution in [0.4, 0.5) is 0 Å². The first kappa shape index (κ1) is 16.3. The molecule has 0 spiro atoms. The molecule has 1 aromatic rings. The van der Waals surface area contributed by atoms with Gasteiger partial charge in [-0.25, -0.2) is 0 Å². The Hall–Kier alpha value is -1.06. The van der Waals surface area contributed by atoms with Crippen LogP contribution in [0.3, 0.4) is 0 Å². The van der Waals surface area contributed by atoms with Crippen molar-refractivity contribution in [2.45, 2.75) is 51.5 Å². The highest BCUT2D eigenvalue weighted by atomic mass is 16.5. The van der Waals surface area contributed by atoms with Crippen LogP contribution in [-0.2, 0) is 0 Å². The molecule has 1 unspecified atom stereocenters. The molecule has 1 atom stereocenters. The predicted molar refractivity (Wildman–Crippen MR) is 88.7 cm³/mol. The highest BCUT2D eigenvalue weighted by molar-refractivity contribution is 5.29. The maximum absolute atomic E-state index is 6.01. The van der Waals surface area contributed by atoms with E-state index in [9.17, 15) is 0 Å². The van der Waals surface area contributed by atoms with Crippen LogP contribution in [0.15, 0.2) is 24.3 Å². The highest BCUT2D eigenvalue weighted by Crippen LogP contribution is 2.25. The van der Waals surface area contributed by atoms with Crippen molar-refractivity contribution in [1.29, 1.82) is 0 Å². The zero-order chi connectivity index (χ0) is 14.9. The molecule has 1 aliphatic rings. The fourth-order valence-corrected chi connectivity index (χ4v) is 3.05. The lowest BCUT2D eigenvalue weighted by atomic mass is 10.0. The summed E-state index contributed by atoms with van der Waals surface area (Å²) in [5.74, 6) is 0.976. The molecule has 118 valence electrons. The molecule has 2 N–H and O–H groups in total. The van der Waals surface area contributed by atoms with E-state index in [1.807, 2.05) is 0 Å². The second-order valence-corrected chi connectivity index (χ2v) is 5.97. The zero-order valence-electron chi connectivity index (χ0n) is 13.4. The fraction of sp³-hybridized carbons (Fsp3) is 0.667. The summed E-state index contributed by atoms with van der Waals surface area (Å²) < 4.78 is 5.78. The van der Waals surface area contributed by atoms with Crippen molar-refractivity contribution in [3.8, 4) is 5.75 Å². The van der Waals surface area contributed by atoms with E-state index < -0.39 is 0 Å². The fourth-order valence-electron chi connectivity index (χ4n) is 3.05. The normalized spacial score (nSPS) is 17.6. The molecule has 0 aromatic heterocycles. The average molecular weight is 290 g/mol. The molecule has 21 heavy (non-hydrogen) atoms. The molecule has 3 heteroatoms. The monoisotopic (exact) mass is 290 g/mol. The van der Waals surface area contributed by atoms with Crippen LogP contribution >= 0.6 is 0 Å². The average Bonchev–Trinajstić information content (AvgIpc) is 2.55. The third kappa shape index (κ3) is 5.01. The molecule has 2 rings (SSSR count). The number of nitrogens with two attached hydrogens (primary N) is 1. The van der Waals surface area contributed by atoms with Crippen molar-refractivity contribution in [2.24, 2.45) is 5.73 Å². The van der Waals surface area contributed by atoms with Crippen LogP contribution in [0.2, 0.25) is 0 Å². The van der Waals surface area contributed by atoms with Gasteiger partial charge in [-0.05, 0) is 50.0 Å². The lowest BCUT2D eigenvalue weighted by molar-refractivity contribution is 0.167. The molecule has 1 fully saturated rings. The summed E-state index contributed by atoms with van der Waals surface area (Å²) in [6.07, 6.45) is 7.57. The molecule has 0 radical (unpaired) electrons. The quantitative estimate of drug-likeness (QED) is 0.741. The van der Waals surface area contributed by atoms with Crippen molar-refractivity contribution in [3.63, 3.8) is 0 Å². The summed E-state index contributed by atoms with van der Waals surface area (Å²) in [5.41, 5.74) is 7.33. The number of hydrogen-bond donors (Lipinski definition) is 1. The number of nitrogens with zero attached hydrogens (tertiary/aromatic N) is 1. The van der Waals surface area contributed by atoms with Gasteiger partial charge in [-0.3, -0.25) is 4.90 Å². The van der Waals surface area contributed by atoms with Gasteiger partial charge < -0.3 is 10.5 Å². The molecule has 0 bridgehead atoms. The van der Waals surface area contributed by atoms with Crippen LogP contribution < -0.4 is 10.5 Å². The molecule has 1 aliphatic heterocycles. The van der Waals surface area contributed by atoms with Crippen LogP contribution in [0.5, 0.6) is 5.75 Å². The third-order valence-electron chi connectivity index (χ3n) is 4.34. The highest BCUT2D eigenvalue weighted by Gasteiger charge is 2.20. The second kappa shape index (κ2) is 9.06. The van der Waals surface area contributed by atoms with Crippen molar-refractivity contribution in [3.05, 3.63) is 29.8 Å². The number of hydrogen-bond acceptors (Lipinski definition) is 3. The molecule has 1 heterocycles. The molecule has 0 saturated carbocycles. The Morgan fingerprint density at radius 2 is 1.81 bits per heavy atom. The zero-order valence-corrected chi connectivity index (χ0v) is 13.4. The number of ether oxygens (including phenoxy) is 1. The Balaban J connectivity index is 1.89. The maximum Gasteiger partial charge on any atom is 0.119 e. The third-order valence-corrected chi connectivity index (χ3v) is 4.34. The maximum atomic E-state index is 6.01. The van der Waals surface area contributed by atoms with Crippen molar-refractivity contribution >= 4 is 0 Å². The second-order valence-electron chi connectivity index (χ2n) is 5.97. The van der Waals surface area contributed by atoms with Crippen LogP contribution in [0.25, 0.3) is 0 Å². The van der Waals surface area contributed by atoms with E-state index in [4.69, 9.17) is 10.5 Å². The number of unbranched alkanes of at least 4 members (excludes halogenated alkanes) is 2. The van der Waals surface area contributed by atoms with Gasteiger partial charge in [0.1, 0.15) is 5.75 Å². The first-order valence-corrected chi connectivity index (χ1v) is 8.52. The van der Waals surface area contributed by atoms with Gasteiger partial charge in [-0.1, -0.05) is 38.3 Å². The molecular formula is C18H30N2O. The number of rotatable bonds is 8. The summed E-state index contributed by atoms with van der Waals surface area (Å²) in [5, 5.41) is 0. The molecule has 0 amide bonds. The Labute approximate surface area is 129 Å². The summed E-state index contributed by atoms with van der Waals surface area (Å²) in [7, 11) is 0. The van der Waals surface area contributed by atoms with Crippen LogP contribution in [-0.4, -0.2) is 31.1 Å². The van der Waals surface area contributed by atoms with Gasteiger partial charge in [0.2, 0.25) is 0 Å². The van der Waals surface area contributed by atoms with Gasteiger partial charge in [0.15, 0.2) is 0 Å². The minimum absolute atomic E-state index is 0.361. The SMILES string of the molecule is CCCCCOc1ccc(C(CN)N2CCCCC2)cc1.